The summed E-state index contributed by atoms with van der Waals surface area (Å²) < 4.78 is 13.2. The molecule has 1 aromatic carbocycles. The highest BCUT2D eigenvalue weighted by atomic mass is 16.5. The van der Waals surface area contributed by atoms with Gasteiger partial charge in [-0.2, -0.15) is 0 Å². The first-order valence-corrected chi connectivity index (χ1v) is 9.34. The number of nitrogens with zero attached hydrogens (tertiary/aromatic N) is 3. The lowest BCUT2D eigenvalue weighted by atomic mass is 10.1. The zero-order chi connectivity index (χ0) is 19.2. The van der Waals surface area contributed by atoms with Crippen LogP contribution in [0.25, 0.3) is 5.82 Å². The summed E-state index contributed by atoms with van der Waals surface area (Å²) in [7, 11) is 0. The minimum Gasteiger partial charge on any atom is -0.490 e. The minimum absolute atomic E-state index is 0.108. The van der Waals surface area contributed by atoms with Crippen LogP contribution < -0.4 is 10.1 Å². The van der Waals surface area contributed by atoms with Gasteiger partial charge in [0.2, 0.25) is 0 Å². The van der Waals surface area contributed by atoms with Gasteiger partial charge >= 0.3 is 0 Å². The molecule has 1 amide bonds. The SMILES string of the molecule is O=C(NCc1ccc(-n2ccnc2)nc1)c1ccccc1OCC1CCCO1. The van der Waals surface area contributed by atoms with E-state index in [1.807, 2.05) is 41.1 Å². The van der Waals surface area contributed by atoms with Crippen LogP contribution in [-0.4, -0.2) is 39.8 Å². The molecule has 1 saturated heterocycles. The third-order valence-electron chi connectivity index (χ3n) is 4.61. The number of hydrogen-bond acceptors (Lipinski definition) is 5. The molecule has 0 spiro atoms. The summed E-state index contributed by atoms with van der Waals surface area (Å²) in [6.07, 6.45) is 9.13. The second kappa shape index (κ2) is 8.67. The Balaban J connectivity index is 1.35. The van der Waals surface area contributed by atoms with Crippen LogP contribution in [-0.2, 0) is 11.3 Å². The molecule has 1 atom stereocenters. The lowest BCUT2D eigenvalue weighted by Crippen LogP contribution is -2.24. The van der Waals surface area contributed by atoms with Crippen LogP contribution in [0.2, 0.25) is 0 Å². The van der Waals surface area contributed by atoms with Gasteiger partial charge in [0.1, 0.15) is 24.5 Å². The molecule has 0 radical (unpaired) electrons. The fourth-order valence-corrected chi connectivity index (χ4v) is 3.08. The fourth-order valence-electron chi connectivity index (χ4n) is 3.08. The molecule has 7 nitrogen and oxygen atoms in total. The van der Waals surface area contributed by atoms with Crippen LogP contribution >= 0.6 is 0 Å². The van der Waals surface area contributed by atoms with Crippen LogP contribution in [0, 0.1) is 0 Å². The van der Waals surface area contributed by atoms with Crippen LogP contribution in [0.4, 0.5) is 0 Å². The molecule has 144 valence electrons. The van der Waals surface area contributed by atoms with E-state index in [2.05, 4.69) is 15.3 Å². The van der Waals surface area contributed by atoms with Gasteiger partial charge in [0.25, 0.3) is 5.91 Å². The van der Waals surface area contributed by atoms with Gasteiger partial charge in [0, 0.05) is 31.7 Å². The van der Waals surface area contributed by atoms with Gasteiger partial charge in [-0.25, -0.2) is 9.97 Å². The maximum absolute atomic E-state index is 12.6. The molecule has 4 rings (SSSR count). The zero-order valence-electron chi connectivity index (χ0n) is 15.5. The molecule has 3 aromatic rings. The van der Waals surface area contributed by atoms with E-state index < -0.39 is 0 Å². The molecule has 1 N–H and O–H groups in total. The standard InChI is InChI=1S/C21H22N4O3/c26-21(18-5-1-2-6-19(18)28-14-17-4-3-11-27-17)24-13-16-7-8-20(23-12-16)25-10-9-22-15-25/h1-2,5-10,12,15,17H,3-4,11,13-14H2,(H,24,26). The van der Waals surface area contributed by atoms with Crippen molar-refractivity contribution >= 4 is 5.91 Å². The van der Waals surface area contributed by atoms with Gasteiger partial charge in [-0.05, 0) is 36.6 Å². The summed E-state index contributed by atoms with van der Waals surface area (Å²) in [6, 6.07) is 11.1. The van der Waals surface area contributed by atoms with Gasteiger partial charge in [-0.1, -0.05) is 18.2 Å². The largest absolute Gasteiger partial charge is 0.490 e. The molecule has 28 heavy (non-hydrogen) atoms. The number of benzene rings is 1. The first-order chi connectivity index (χ1) is 13.8. The summed E-state index contributed by atoms with van der Waals surface area (Å²) in [5.41, 5.74) is 1.43. The number of hydrogen-bond donors (Lipinski definition) is 1. The number of ether oxygens (including phenoxy) is 2. The third-order valence-corrected chi connectivity index (χ3v) is 4.61. The summed E-state index contributed by atoms with van der Waals surface area (Å²) in [6.45, 7) is 1.63. The molecule has 7 heteroatoms. The lowest BCUT2D eigenvalue weighted by Gasteiger charge is -2.14. The third kappa shape index (κ3) is 4.37. The number of para-hydroxylation sites is 1. The summed E-state index contributed by atoms with van der Waals surface area (Å²) in [4.78, 5) is 21.0. The maximum atomic E-state index is 12.6. The van der Waals surface area contributed by atoms with Crippen molar-refractivity contribution in [3.05, 3.63) is 72.4 Å². The van der Waals surface area contributed by atoms with E-state index >= 15 is 0 Å². The van der Waals surface area contributed by atoms with Crippen molar-refractivity contribution in [3.63, 3.8) is 0 Å². The Labute approximate surface area is 163 Å². The number of aromatic nitrogens is 3. The number of carbonyl (C=O) groups excluding carboxylic acids is 1. The van der Waals surface area contributed by atoms with Crippen LogP contribution in [0.5, 0.6) is 5.75 Å². The van der Waals surface area contributed by atoms with E-state index in [0.717, 1.165) is 30.8 Å². The highest BCUT2D eigenvalue weighted by Gasteiger charge is 2.18. The van der Waals surface area contributed by atoms with E-state index in [4.69, 9.17) is 9.47 Å². The predicted octanol–water partition coefficient (Wildman–Crippen LogP) is 2.76. The Kier molecular flexibility index (Phi) is 5.63. The average Bonchev–Trinajstić information content (AvgIpc) is 3.45. The van der Waals surface area contributed by atoms with E-state index in [-0.39, 0.29) is 12.0 Å². The van der Waals surface area contributed by atoms with Crippen molar-refractivity contribution in [2.45, 2.75) is 25.5 Å². The van der Waals surface area contributed by atoms with E-state index in [1.54, 1.807) is 24.8 Å². The van der Waals surface area contributed by atoms with Crippen molar-refractivity contribution in [1.82, 2.24) is 19.9 Å². The Hall–Kier alpha value is -3.19. The molecule has 1 aliphatic rings. The van der Waals surface area contributed by atoms with Crippen molar-refractivity contribution in [1.29, 1.82) is 0 Å². The molecule has 1 aliphatic heterocycles. The number of nitrogens with one attached hydrogen (secondary N) is 1. The normalized spacial score (nSPS) is 16.1. The smallest absolute Gasteiger partial charge is 0.255 e. The number of amides is 1. The monoisotopic (exact) mass is 378 g/mol. The van der Waals surface area contributed by atoms with E-state index in [9.17, 15) is 4.79 Å². The quantitative estimate of drug-likeness (QED) is 0.684. The number of rotatable bonds is 7. The molecule has 0 saturated carbocycles. The second-order valence-corrected chi connectivity index (χ2v) is 6.62. The first kappa shape index (κ1) is 18.2. The van der Waals surface area contributed by atoms with Gasteiger partial charge in [0.05, 0.1) is 11.7 Å². The molecular formula is C21H22N4O3. The lowest BCUT2D eigenvalue weighted by molar-refractivity contribution is 0.0670. The highest BCUT2D eigenvalue weighted by Crippen LogP contribution is 2.20. The first-order valence-electron chi connectivity index (χ1n) is 9.34. The van der Waals surface area contributed by atoms with Crippen molar-refractivity contribution in [3.8, 4) is 11.6 Å². The summed E-state index contributed by atoms with van der Waals surface area (Å²) in [5, 5.41) is 2.93. The van der Waals surface area contributed by atoms with Crippen molar-refractivity contribution in [2.24, 2.45) is 0 Å². The highest BCUT2D eigenvalue weighted by molar-refractivity contribution is 5.96. The van der Waals surface area contributed by atoms with Crippen molar-refractivity contribution < 1.29 is 14.3 Å². The summed E-state index contributed by atoms with van der Waals surface area (Å²) in [5.74, 6) is 1.17. The maximum Gasteiger partial charge on any atom is 0.255 e. The van der Waals surface area contributed by atoms with E-state index in [1.165, 1.54) is 0 Å². The van der Waals surface area contributed by atoms with Crippen LogP contribution in [0.1, 0.15) is 28.8 Å². The Morgan fingerprint density at radius 1 is 1.29 bits per heavy atom. The van der Waals surface area contributed by atoms with Gasteiger partial charge < -0.3 is 14.8 Å². The molecule has 0 bridgehead atoms. The molecule has 1 fully saturated rings. The Morgan fingerprint density at radius 2 is 2.21 bits per heavy atom. The molecule has 1 unspecified atom stereocenters. The fraction of sp³-hybridized carbons (Fsp3) is 0.286. The Bertz CT molecular complexity index is 904. The molecular weight excluding hydrogens is 356 g/mol. The van der Waals surface area contributed by atoms with Crippen molar-refractivity contribution in [2.75, 3.05) is 13.2 Å². The van der Waals surface area contributed by atoms with Gasteiger partial charge in [-0.15, -0.1) is 0 Å². The molecule has 0 aliphatic carbocycles. The van der Waals surface area contributed by atoms with E-state index in [0.29, 0.717) is 24.5 Å². The molecule has 2 aromatic heterocycles. The zero-order valence-corrected chi connectivity index (χ0v) is 15.5. The second-order valence-electron chi connectivity index (χ2n) is 6.62. The number of carbonyl (C=O) groups is 1. The number of imidazole rings is 1. The minimum atomic E-state index is -0.179. The van der Waals surface area contributed by atoms with Gasteiger partial charge in [-0.3, -0.25) is 9.36 Å². The number of pyridine rings is 1. The average molecular weight is 378 g/mol. The van der Waals surface area contributed by atoms with Crippen LogP contribution in [0.15, 0.2) is 61.3 Å². The topological polar surface area (TPSA) is 78.3 Å². The summed E-state index contributed by atoms with van der Waals surface area (Å²) >= 11 is 0. The Morgan fingerprint density at radius 3 is 2.96 bits per heavy atom. The predicted molar refractivity (Wildman–Crippen MR) is 103 cm³/mol. The van der Waals surface area contributed by atoms with Crippen LogP contribution in [0.3, 0.4) is 0 Å². The van der Waals surface area contributed by atoms with Gasteiger partial charge in [0.15, 0.2) is 0 Å². The molecule has 3 heterocycles.